The van der Waals surface area contributed by atoms with Gasteiger partial charge in [0, 0.05) is 6.54 Å². The number of carboxylic acids is 1. The summed E-state index contributed by atoms with van der Waals surface area (Å²) in [4.78, 5) is 10.2. The zero-order chi connectivity index (χ0) is 10.1. The molecule has 0 fully saturated rings. The highest BCUT2D eigenvalue weighted by molar-refractivity contribution is 5.87. The first-order valence-corrected chi connectivity index (χ1v) is 3.94. The van der Waals surface area contributed by atoms with E-state index in [0.717, 1.165) is 6.54 Å². The van der Waals surface area contributed by atoms with Crippen molar-refractivity contribution in [1.82, 2.24) is 5.43 Å². The van der Waals surface area contributed by atoms with Crippen LogP contribution in [-0.4, -0.2) is 17.6 Å². The van der Waals surface area contributed by atoms with Crippen LogP contribution >= 0.6 is 0 Å². The van der Waals surface area contributed by atoms with Crippen LogP contribution in [0.25, 0.3) is 0 Å². The monoisotopic (exact) mass is 182 g/mol. The number of carbonyl (C=O) groups is 1. The number of nitrogens with one attached hydrogen (secondary N) is 1. The highest BCUT2D eigenvalue weighted by Crippen LogP contribution is 1.96. The van der Waals surface area contributed by atoms with Gasteiger partial charge in [0.2, 0.25) is 0 Å². The van der Waals surface area contributed by atoms with E-state index in [1.165, 1.54) is 0 Å². The lowest BCUT2D eigenvalue weighted by atomic mass is 10.2. The molecule has 0 spiro atoms. The molecule has 0 saturated carbocycles. The Balaban J connectivity index is 0.000000310. The average molecular weight is 182 g/mol. The molecule has 72 valence electrons. The van der Waals surface area contributed by atoms with Crippen LogP contribution in [-0.2, 0) is 0 Å². The van der Waals surface area contributed by atoms with Crippen molar-refractivity contribution in [2.75, 3.05) is 6.54 Å². The highest BCUT2D eigenvalue weighted by atomic mass is 16.4. The van der Waals surface area contributed by atoms with Crippen LogP contribution in [0.4, 0.5) is 0 Å². The molecule has 0 aliphatic heterocycles. The first-order chi connectivity index (χ1) is 6.22. The van der Waals surface area contributed by atoms with Crippen molar-refractivity contribution in [3.8, 4) is 0 Å². The Labute approximate surface area is 77.3 Å². The lowest BCUT2D eigenvalue weighted by Gasteiger charge is -1.88. The van der Waals surface area contributed by atoms with Gasteiger partial charge in [0.05, 0.1) is 5.56 Å². The van der Waals surface area contributed by atoms with Crippen molar-refractivity contribution >= 4 is 5.97 Å². The topological polar surface area (TPSA) is 75.3 Å². The molecular formula is C9H14N2O2. The van der Waals surface area contributed by atoms with Gasteiger partial charge < -0.3 is 5.11 Å². The van der Waals surface area contributed by atoms with Crippen LogP contribution in [0.15, 0.2) is 30.3 Å². The van der Waals surface area contributed by atoms with Crippen molar-refractivity contribution < 1.29 is 9.90 Å². The molecule has 0 atom stereocenters. The lowest BCUT2D eigenvalue weighted by Crippen LogP contribution is -2.20. The Hall–Kier alpha value is -1.39. The third-order valence-corrected chi connectivity index (χ3v) is 1.22. The fourth-order valence-corrected chi connectivity index (χ4v) is 0.581. The normalized spacial score (nSPS) is 8.46. The molecule has 4 nitrogen and oxygen atoms in total. The molecular weight excluding hydrogens is 168 g/mol. The van der Waals surface area contributed by atoms with E-state index in [4.69, 9.17) is 10.9 Å². The fraction of sp³-hybridized carbons (Fsp3) is 0.222. The van der Waals surface area contributed by atoms with Crippen LogP contribution in [0, 0.1) is 0 Å². The first-order valence-electron chi connectivity index (χ1n) is 3.94. The number of hydrogen-bond acceptors (Lipinski definition) is 3. The van der Waals surface area contributed by atoms with Gasteiger partial charge >= 0.3 is 5.97 Å². The highest BCUT2D eigenvalue weighted by Gasteiger charge is 1.96. The Bertz CT molecular complexity index is 235. The fourth-order valence-electron chi connectivity index (χ4n) is 0.581. The van der Waals surface area contributed by atoms with Gasteiger partial charge in [0.1, 0.15) is 0 Å². The second-order valence-corrected chi connectivity index (χ2v) is 2.23. The van der Waals surface area contributed by atoms with E-state index in [0.29, 0.717) is 5.56 Å². The number of nitrogens with two attached hydrogens (primary N) is 1. The predicted octanol–water partition coefficient (Wildman–Crippen LogP) is 0.854. The standard InChI is InChI=1S/C7H6O2.C2H8N2/c8-7(9)6-4-2-1-3-5-6;1-2-4-3/h1-5H,(H,8,9);4H,2-3H2,1H3. The Morgan fingerprint density at radius 2 is 1.92 bits per heavy atom. The minimum absolute atomic E-state index is 0.331. The summed E-state index contributed by atoms with van der Waals surface area (Å²) in [5.74, 6) is 3.90. The molecule has 0 unspecified atom stereocenters. The molecule has 0 bridgehead atoms. The maximum Gasteiger partial charge on any atom is 0.335 e. The smallest absolute Gasteiger partial charge is 0.335 e. The van der Waals surface area contributed by atoms with E-state index in [9.17, 15) is 4.79 Å². The molecule has 4 N–H and O–H groups in total. The molecule has 0 heterocycles. The quantitative estimate of drug-likeness (QED) is 0.468. The number of aromatic carboxylic acids is 1. The Morgan fingerprint density at radius 1 is 1.46 bits per heavy atom. The minimum Gasteiger partial charge on any atom is -0.478 e. The molecule has 1 aromatic carbocycles. The molecule has 0 aliphatic rings. The SMILES string of the molecule is CCNN.O=C(O)c1ccccc1. The summed E-state index contributed by atoms with van der Waals surface area (Å²) in [5, 5.41) is 8.38. The van der Waals surface area contributed by atoms with Gasteiger partial charge in [-0.05, 0) is 12.1 Å². The van der Waals surface area contributed by atoms with Crippen molar-refractivity contribution in [3.05, 3.63) is 35.9 Å². The largest absolute Gasteiger partial charge is 0.478 e. The summed E-state index contributed by atoms with van der Waals surface area (Å²) in [5.41, 5.74) is 2.76. The number of rotatable bonds is 2. The second-order valence-electron chi connectivity index (χ2n) is 2.23. The van der Waals surface area contributed by atoms with Gasteiger partial charge in [-0.2, -0.15) is 0 Å². The van der Waals surface area contributed by atoms with Crippen LogP contribution < -0.4 is 11.3 Å². The summed E-state index contributed by atoms with van der Waals surface area (Å²) in [6.45, 7) is 2.79. The van der Waals surface area contributed by atoms with Crippen molar-refractivity contribution in [1.29, 1.82) is 0 Å². The van der Waals surface area contributed by atoms with Crippen LogP contribution in [0.3, 0.4) is 0 Å². The molecule has 0 radical (unpaired) electrons. The van der Waals surface area contributed by atoms with Gasteiger partial charge in [0.15, 0.2) is 0 Å². The summed E-state index contributed by atoms with van der Waals surface area (Å²) < 4.78 is 0. The number of hydrogen-bond donors (Lipinski definition) is 3. The third kappa shape index (κ3) is 5.84. The average Bonchev–Trinajstić information content (AvgIpc) is 2.19. The molecule has 13 heavy (non-hydrogen) atoms. The van der Waals surface area contributed by atoms with E-state index in [1.807, 2.05) is 6.92 Å². The number of benzene rings is 1. The van der Waals surface area contributed by atoms with Crippen molar-refractivity contribution in [3.63, 3.8) is 0 Å². The molecule has 0 aromatic heterocycles. The Morgan fingerprint density at radius 3 is 2.15 bits per heavy atom. The second kappa shape index (κ2) is 7.27. The van der Waals surface area contributed by atoms with E-state index in [2.05, 4.69) is 5.43 Å². The molecule has 4 heteroatoms. The molecule has 0 amide bonds. The van der Waals surface area contributed by atoms with E-state index in [-0.39, 0.29) is 0 Å². The number of carboxylic acid groups (broad SMARTS) is 1. The van der Waals surface area contributed by atoms with Crippen molar-refractivity contribution in [2.45, 2.75) is 6.92 Å². The predicted molar refractivity (Wildman–Crippen MR) is 51.3 cm³/mol. The molecule has 1 aromatic rings. The molecule has 1 rings (SSSR count). The summed E-state index contributed by atoms with van der Waals surface area (Å²) >= 11 is 0. The zero-order valence-corrected chi connectivity index (χ0v) is 7.53. The maximum atomic E-state index is 10.2. The maximum absolute atomic E-state index is 10.2. The van der Waals surface area contributed by atoms with E-state index in [1.54, 1.807) is 30.3 Å². The third-order valence-electron chi connectivity index (χ3n) is 1.22. The van der Waals surface area contributed by atoms with Gasteiger partial charge in [-0.3, -0.25) is 11.3 Å². The van der Waals surface area contributed by atoms with Crippen LogP contribution in [0.5, 0.6) is 0 Å². The summed E-state index contributed by atoms with van der Waals surface area (Å²) in [7, 11) is 0. The minimum atomic E-state index is -0.879. The number of hydrazine groups is 1. The first kappa shape index (κ1) is 11.6. The van der Waals surface area contributed by atoms with E-state index >= 15 is 0 Å². The molecule has 0 aliphatic carbocycles. The van der Waals surface area contributed by atoms with Crippen molar-refractivity contribution in [2.24, 2.45) is 5.84 Å². The van der Waals surface area contributed by atoms with Gasteiger partial charge in [0.25, 0.3) is 0 Å². The van der Waals surface area contributed by atoms with Gasteiger partial charge in [-0.25, -0.2) is 4.79 Å². The Kier molecular flexibility index (Phi) is 6.49. The lowest BCUT2D eigenvalue weighted by molar-refractivity contribution is 0.0697. The van der Waals surface area contributed by atoms with E-state index < -0.39 is 5.97 Å². The summed E-state index contributed by atoms with van der Waals surface area (Å²) in [6, 6.07) is 8.30. The van der Waals surface area contributed by atoms with Gasteiger partial charge in [-0.15, -0.1) is 0 Å². The van der Waals surface area contributed by atoms with Crippen LogP contribution in [0.1, 0.15) is 17.3 Å². The van der Waals surface area contributed by atoms with Gasteiger partial charge in [-0.1, -0.05) is 25.1 Å². The van der Waals surface area contributed by atoms with Crippen LogP contribution in [0.2, 0.25) is 0 Å². The zero-order valence-electron chi connectivity index (χ0n) is 7.53. The molecule has 0 saturated heterocycles. The summed E-state index contributed by atoms with van der Waals surface area (Å²) in [6.07, 6.45) is 0.